The monoisotopic (exact) mass is 482 g/mol. The van der Waals surface area contributed by atoms with Gasteiger partial charge in [0, 0.05) is 15.3 Å². The summed E-state index contributed by atoms with van der Waals surface area (Å²) in [5, 5.41) is 2.86. The molecule has 0 spiro atoms. The van der Waals surface area contributed by atoms with Gasteiger partial charge < -0.3 is 10.0 Å². The highest BCUT2D eigenvalue weighted by Gasteiger charge is 2.65. The molecule has 3 aliphatic carbocycles. The summed E-state index contributed by atoms with van der Waals surface area (Å²) in [5.74, 6) is 0.0286. The smallest absolute Gasteiger partial charge is 0.310 e. The third kappa shape index (κ3) is 4.38. The third-order valence-corrected chi connectivity index (χ3v) is 8.15. The Balaban J connectivity index is 1.62. The molecule has 0 saturated heterocycles. The van der Waals surface area contributed by atoms with Crippen LogP contribution in [-0.4, -0.2) is 17.7 Å². The second kappa shape index (κ2) is 6.46. The maximum atomic E-state index is 13.3. The van der Waals surface area contributed by atoms with Gasteiger partial charge in [0.1, 0.15) is 4.90 Å². The fraction of sp³-hybridized carbons (Fsp3) is 0.316. The number of nitrogens with one attached hydrogen (secondary N) is 2. The number of hydrogen-bond acceptors (Lipinski definition) is 4. The van der Waals surface area contributed by atoms with Crippen LogP contribution in [0.1, 0.15) is 29.6 Å². The molecule has 0 heterocycles. The minimum Gasteiger partial charge on any atom is -0.347 e. The summed E-state index contributed by atoms with van der Waals surface area (Å²) < 4.78 is 69.2. The molecular weight excluding hydrogens is 463 g/mol. The van der Waals surface area contributed by atoms with Gasteiger partial charge in [0.05, 0.1) is 11.3 Å². The zero-order valence-electron chi connectivity index (χ0n) is 15.8. The lowest BCUT2D eigenvalue weighted by Gasteiger charge is -2.61. The number of amides is 1. The Bertz CT molecular complexity index is 995. The van der Waals surface area contributed by atoms with Crippen LogP contribution >= 0.6 is 33.9 Å². The molecule has 5 rings (SSSR count). The molecule has 2 aromatic carbocycles. The molecule has 0 aliphatic heterocycles. The van der Waals surface area contributed by atoms with Crippen molar-refractivity contribution in [3.63, 3.8) is 0 Å². The molecule has 3 aliphatic rings. The molecule has 2 N–H and O–H groups in total. The Hall–Kier alpha value is -1.59. The van der Waals surface area contributed by atoms with E-state index in [1.807, 2.05) is 18.4 Å². The first-order valence-electron chi connectivity index (χ1n) is 9.05. The molecule has 0 atom stereocenters. The normalized spacial score (nSPS) is 24.7. The first-order chi connectivity index (χ1) is 13.8. The van der Waals surface area contributed by atoms with Crippen LogP contribution in [-0.2, 0) is 0 Å². The van der Waals surface area contributed by atoms with Crippen molar-refractivity contribution in [1.29, 1.82) is 0 Å². The number of rotatable bonds is 7. The van der Waals surface area contributed by atoms with Crippen molar-refractivity contribution < 1.29 is 24.2 Å². The molecule has 30 heavy (non-hydrogen) atoms. The molecule has 0 radical (unpaired) electrons. The van der Waals surface area contributed by atoms with Crippen molar-refractivity contribution in [2.75, 3.05) is 11.0 Å². The number of halogens is 5. The zero-order valence-corrected chi connectivity index (χ0v) is 18.2. The fourth-order valence-electron chi connectivity index (χ4n) is 3.74. The molecule has 3 nitrogen and oxygen atoms in total. The largest absolute Gasteiger partial charge is 0.347 e. The van der Waals surface area contributed by atoms with E-state index >= 15 is 0 Å². The second-order valence-corrected chi connectivity index (χ2v) is 11.9. The van der Waals surface area contributed by atoms with E-state index in [0.29, 0.717) is 16.9 Å². The summed E-state index contributed by atoms with van der Waals surface area (Å²) >= 11 is 2.48. The molecule has 1 amide bonds. The molecule has 3 saturated carbocycles. The van der Waals surface area contributed by atoms with Gasteiger partial charge in [-0.3, -0.25) is 4.79 Å². The van der Waals surface area contributed by atoms with E-state index in [9.17, 15) is 24.2 Å². The lowest BCUT2D eigenvalue weighted by molar-refractivity contribution is -0.0438. The topological polar surface area (TPSA) is 41.1 Å². The number of thioether (sulfide) groups is 1. The van der Waals surface area contributed by atoms with Crippen LogP contribution in [0, 0.1) is 5.92 Å². The molecule has 164 valence electrons. The fourth-order valence-corrected chi connectivity index (χ4v) is 5.49. The van der Waals surface area contributed by atoms with Crippen molar-refractivity contribution in [2.45, 2.75) is 39.5 Å². The van der Waals surface area contributed by atoms with E-state index in [4.69, 9.17) is 0 Å². The summed E-state index contributed by atoms with van der Waals surface area (Å²) in [6.07, 6.45) is 4.45. The average molecular weight is 483 g/mol. The standard InChI is InChI=1S/C19H19F5N2OS3/c1-28-13-2-4-14(5-3-13)29-26-17-8-15(30(20,21,22,23)24)6-7-16(17)18(27)25-19-9-12(10-19)11-19/h2-8,12,26H,9-11H2,1H3,(H,25,27). The number of carbonyl (C=O) groups is 1. The molecule has 3 fully saturated rings. The Morgan fingerprint density at radius 2 is 1.60 bits per heavy atom. The summed E-state index contributed by atoms with van der Waals surface area (Å²) in [7, 11) is -9.88. The summed E-state index contributed by atoms with van der Waals surface area (Å²) in [6.45, 7) is 0. The van der Waals surface area contributed by atoms with E-state index < -0.39 is 21.0 Å². The van der Waals surface area contributed by atoms with E-state index in [1.54, 1.807) is 12.1 Å². The van der Waals surface area contributed by atoms with Gasteiger partial charge in [0.25, 0.3) is 5.91 Å². The number of hydrogen-bond donors (Lipinski definition) is 2. The first-order valence-corrected chi connectivity index (χ1v) is 13.0. The van der Waals surface area contributed by atoms with Crippen molar-refractivity contribution in [3.05, 3.63) is 48.0 Å². The van der Waals surface area contributed by atoms with Crippen LogP contribution in [0.2, 0.25) is 0 Å². The van der Waals surface area contributed by atoms with Crippen molar-refractivity contribution in [1.82, 2.24) is 5.32 Å². The maximum absolute atomic E-state index is 13.3. The van der Waals surface area contributed by atoms with E-state index in [1.165, 1.54) is 11.8 Å². The van der Waals surface area contributed by atoms with Crippen LogP contribution in [0.5, 0.6) is 0 Å². The predicted molar refractivity (Wildman–Crippen MR) is 113 cm³/mol. The Morgan fingerprint density at radius 3 is 2.10 bits per heavy atom. The summed E-state index contributed by atoms with van der Waals surface area (Å²) in [5.41, 5.74) is -0.694. The molecule has 11 heteroatoms. The van der Waals surface area contributed by atoms with Gasteiger partial charge in [0.2, 0.25) is 0 Å². The Labute approximate surface area is 179 Å². The van der Waals surface area contributed by atoms with Gasteiger partial charge in [-0.25, -0.2) is 0 Å². The highest BCUT2D eigenvalue weighted by atomic mass is 32.5. The predicted octanol–water partition coefficient (Wildman–Crippen LogP) is 7.47. The molecule has 0 unspecified atom stereocenters. The van der Waals surface area contributed by atoms with Gasteiger partial charge in [0.15, 0.2) is 0 Å². The van der Waals surface area contributed by atoms with E-state index in [2.05, 4.69) is 10.0 Å². The van der Waals surface area contributed by atoms with Crippen LogP contribution in [0.15, 0.2) is 57.2 Å². The van der Waals surface area contributed by atoms with E-state index in [-0.39, 0.29) is 22.9 Å². The van der Waals surface area contributed by atoms with Crippen molar-refractivity contribution in [3.8, 4) is 0 Å². The van der Waals surface area contributed by atoms with Crippen LogP contribution < -0.4 is 10.0 Å². The number of anilines is 1. The second-order valence-electron chi connectivity index (χ2n) is 7.77. The van der Waals surface area contributed by atoms with Gasteiger partial charge in [-0.15, -0.1) is 11.8 Å². The average Bonchev–Trinajstić information content (AvgIpc) is 2.60. The molecule has 0 aromatic heterocycles. The van der Waals surface area contributed by atoms with Gasteiger partial charge in [-0.1, -0.05) is 19.4 Å². The minimum absolute atomic E-state index is 0.0986. The van der Waals surface area contributed by atoms with Gasteiger partial charge in [-0.05, 0) is 85.8 Å². The molecular formula is C19H19F5N2OS3. The molecule has 2 bridgehead atoms. The number of carbonyl (C=O) groups excluding carboxylic acids is 1. The van der Waals surface area contributed by atoms with Crippen LogP contribution in [0.4, 0.5) is 25.1 Å². The Morgan fingerprint density at radius 1 is 1.00 bits per heavy atom. The first kappa shape index (κ1) is 21.6. The number of benzene rings is 2. The lowest BCUT2D eigenvalue weighted by Crippen LogP contribution is -2.68. The minimum atomic E-state index is -9.88. The SMILES string of the molecule is CSc1ccc(SNc2cc(S(F)(F)(F)(F)F)ccc2C(=O)NC23CC(C2)C3)cc1. The summed E-state index contributed by atoms with van der Waals surface area (Å²) in [4.78, 5) is 12.3. The third-order valence-electron chi connectivity index (χ3n) is 5.44. The maximum Gasteiger partial charge on any atom is 0.310 e. The van der Waals surface area contributed by atoms with Crippen molar-refractivity contribution in [2.24, 2.45) is 5.92 Å². The van der Waals surface area contributed by atoms with Crippen LogP contribution in [0.3, 0.4) is 0 Å². The quantitative estimate of drug-likeness (QED) is 0.244. The highest BCUT2D eigenvalue weighted by Crippen LogP contribution is 3.02. The van der Waals surface area contributed by atoms with E-state index in [0.717, 1.165) is 42.2 Å². The summed E-state index contributed by atoms with van der Waals surface area (Å²) in [6, 6.07) is 8.57. The molecule has 2 aromatic rings. The highest BCUT2D eigenvalue weighted by molar-refractivity contribution is 8.45. The van der Waals surface area contributed by atoms with Crippen LogP contribution in [0.25, 0.3) is 0 Å². The zero-order chi connectivity index (χ0) is 21.8. The van der Waals surface area contributed by atoms with Gasteiger partial charge in [-0.2, -0.15) is 0 Å². The Kier molecular flexibility index (Phi) is 4.66. The lowest BCUT2D eigenvalue weighted by atomic mass is 9.50. The van der Waals surface area contributed by atoms with Gasteiger partial charge >= 0.3 is 10.2 Å². The van der Waals surface area contributed by atoms with Crippen molar-refractivity contribution >= 4 is 45.5 Å².